The van der Waals surface area contributed by atoms with Gasteiger partial charge >= 0.3 is 0 Å². The van der Waals surface area contributed by atoms with Crippen LogP contribution in [0.2, 0.25) is 0 Å². The molecular formula is C13H13N3O. The van der Waals surface area contributed by atoms with Crippen LogP contribution >= 0.6 is 0 Å². The number of hydrogen-bond acceptors (Lipinski definition) is 3. The van der Waals surface area contributed by atoms with Gasteiger partial charge in [0, 0.05) is 35.8 Å². The summed E-state index contributed by atoms with van der Waals surface area (Å²) in [6.07, 6.45) is 5.94. The Morgan fingerprint density at radius 3 is 2.76 bits per heavy atom. The van der Waals surface area contributed by atoms with E-state index in [1.54, 1.807) is 18.5 Å². The molecule has 4 heteroatoms. The number of fused-ring (bicyclic) bond motifs is 1. The van der Waals surface area contributed by atoms with Crippen molar-refractivity contribution in [3.05, 3.63) is 41.5 Å². The first-order valence-corrected chi connectivity index (χ1v) is 5.79. The number of rotatable bonds is 1. The zero-order valence-corrected chi connectivity index (χ0v) is 9.68. The number of aryl methyl sites for hydroxylation is 1. The molecule has 4 nitrogen and oxygen atoms in total. The molecule has 3 rings (SSSR count). The summed E-state index contributed by atoms with van der Waals surface area (Å²) in [5.74, 6) is 0.894. The number of carbonyl (C=O) groups is 1. The SMILES string of the molecule is Cc1cc2c(n1-c1ncccn1)CCCC2=O. The van der Waals surface area contributed by atoms with Crippen molar-refractivity contribution in [2.45, 2.75) is 26.2 Å². The Balaban J connectivity index is 2.21. The van der Waals surface area contributed by atoms with Gasteiger partial charge in [0.25, 0.3) is 0 Å². The molecule has 0 unspecified atom stereocenters. The molecule has 0 atom stereocenters. The van der Waals surface area contributed by atoms with E-state index in [2.05, 4.69) is 9.97 Å². The molecule has 1 aliphatic carbocycles. The van der Waals surface area contributed by atoms with E-state index in [-0.39, 0.29) is 5.78 Å². The van der Waals surface area contributed by atoms with Crippen molar-refractivity contribution in [1.29, 1.82) is 0 Å². The molecule has 2 aromatic heterocycles. The third-order valence-corrected chi connectivity index (χ3v) is 3.16. The van der Waals surface area contributed by atoms with E-state index in [1.165, 1.54) is 0 Å². The second-order valence-corrected chi connectivity index (χ2v) is 4.31. The summed E-state index contributed by atoms with van der Waals surface area (Å²) >= 11 is 0. The average Bonchev–Trinajstić information content (AvgIpc) is 2.68. The van der Waals surface area contributed by atoms with Crippen molar-refractivity contribution in [2.75, 3.05) is 0 Å². The second-order valence-electron chi connectivity index (χ2n) is 4.31. The van der Waals surface area contributed by atoms with Gasteiger partial charge in [0.15, 0.2) is 5.78 Å². The van der Waals surface area contributed by atoms with Crippen molar-refractivity contribution < 1.29 is 4.79 Å². The van der Waals surface area contributed by atoms with E-state index in [4.69, 9.17) is 0 Å². The van der Waals surface area contributed by atoms with Crippen molar-refractivity contribution in [3.8, 4) is 5.95 Å². The molecule has 0 amide bonds. The highest BCUT2D eigenvalue weighted by Crippen LogP contribution is 2.26. The number of aromatic nitrogens is 3. The molecule has 0 N–H and O–H groups in total. The highest BCUT2D eigenvalue weighted by atomic mass is 16.1. The van der Waals surface area contributed by atoms with E-state index in [0.717, 1.165) is 29.8 Å². The molecule has 0 aromatic carbocycles. The third-order valence-electron chi connectivity index (χ3n) is 3.16. The Kier molecular flexibility index (Phi) is 2.28. The van der Waals surface area contributed by atoms with Gasteiger partial charge in [-0.1, -0.05) is 0 Å². The molecule has 0 radical (unpaired) electrons. The molecule has 0 bridgehead atoms. The maximum atomic E-state index is 11.8. The summed E-state index contributed by atoms with van der Waals surface area (Å²) < 4.78 is 1.99. The van der Waals surface area contributed by atoms with E-state index < -0.39 is 0 Å². The fourth-order valence-electron chi connectivity index (χ4n) is 2.41. The van der Waals surface area contributed by atoms with Crippen LogP contribution in [0.3, 0.4) is 0 Å². The molecule has 2 aromatic rings. The van der Waals surface area contributed by atoms with Gasteiger partial charge in [0.2, 0.25) is 5.95 Å². The first-order valence-electron chi connectivity index (χ1n) is 5.79. The van der Waals surface area contributed by atoms with Crippen molar-refractivity contribution in [2.24, 2.45) is 0 Å². The van der Waals surface area contributed by atoms with Crippen molar-refractivity contribution in [1.82, 2.24) is 14.5 Å². The molecule has 0 fully saturated rings. The summed E-state index contributed by atoms with van der Waals surface area (Å²) in [6, 6.07) is 3.74. The van der Waals surface area contributed by atoms with Gasteiger partial charge in [-0.25, -0.2) is 9.97 Å². The Morgan fingerprint density at radius 1 is 1.24 bits per heavy atom. The lowest BCUT2D eigenvalue weighted by Crippen LogP contribution is -2.14. The molecule has 1 aliphatic rings. The molecular weight excluding hydrogens is 214 g/mol. The number of ketones is 1. The van der Waals surface area contributed by atoms with E-state index >= 15 is 0 Å². The monoisotopic (exact) mass is 227 g/mol. The first kappa shape index (κ1) is 10.2. The predicted octanol–water partition coefficient (Wildman–Crippen LogP) is 2.09. The van der Waals surface area contributed by atoms with Gasteiger partial charge < -0.3 is 0 Å². The molecule has 0 saturated heterocycles. The van der Waals surface area contributed by atoms with E-state index in [1.807, 2.05) is 17.6 Å². The fourth-order valence-corrected chi connectivity index (χ4v) is 2.41. The molecule has 0 spiro atoms. The van der Waals surface area contributed by atoms with Crippen LogP contribution in [0, 0.1) is 6.92 Å². The van der Waals surface area contributed by atoms with Crippen LogP contribution in [-0.4, -0.2) is 20.3 Å². The number of carbonyl (C=O) groups excluding carboxylic acids is 1. The highest BCUT2D eigenvalue weighted by Gasteiger charge is 2.23. The van der Waals surface area contributed by atoms with Gasteiger partial charge in [-0.2, -0.15) is 0 Å². The number of Topliss-reactive ketones (excluding diaryl/α,β-unsaturated/α-hetero) is 1. The summed E-state index contributed by atoms with van der Waals surface area (Å²) in [4.78, 5) is 20.3. The first-order chi connectivity index (χ1) is 8.27. The Bertz CT molecular complexity index is 572. The maximum absolute atomic E-state index is 11.8. The van der Waals surface area contributed by atoms with Crippen LogP contribution in [0.25, 0.3) is 5.95 Å². The van der Waals surface area contributed by atoms with Gasteiger partial charge in [-0.15, -0.1) is 0 Å². The number of hydrogen-bond donors (Lipinski definition) is 0. The molecule has 17 heavy (non-hydrogen) atoms. The lowest BCUT2D eigenvalue weighted by molar-refractivity contribution is 0.0972. The lowest BCUT2D eigenvalue weighted by Gasteiger charge is -2.14. The Hall–Kier alpha value is -1.97. The van der Waals surface area contributed by atoms with Gasteiger partial charge in [0.1, 0.15) is 0 Å². The van der Waals surface area contributed by atoms with Crippen molar-refractivity contribution >= 4 is 5.78 Å². The quantitative estimate of drug-likeness (QED) is 0.749. The smallest absolute Gasteiger partial charge is 0.234 e. The van der Waals surface area contributed by atoms with E-state index in [9.17, 15) is 4.79 Å². The van der Waals surface area contributed by atoms with Crippen LogP contribution in [0.15, 0.2) is 24.5 Å². The number of nitrogens with zero attached hydrogens (tertiary/aromatic N) is 3. The third kappa shape index (κ3) is 1.56. The molecule has 86 valence electrons. The molecule has 0 saturated carbocycles. The lowest BCUT2D eigenvalue weighted by atomic mass is 9.97. The average molecular weight is 227 g/mol. The Labute approximate surface area is 99.3 Å². The molecule has 2 heterocycles. The zero-order chi connectivity index (χ0) is 11.8. The molecule has 0 aliphatic heterocycles. The minimum Gasteiger partial charge on any atom is -0.294 e. The van der Waals surface area contributed by atoms with Gasteiger partial charge in [0.05, 0.1) is 0 Å². The second kappa shape index (κ2) is 3.80. The summed E-state index contributed by atoms with van der Waals surface area (Å²) in [5, 5.41) is 0. The summed E-state index contributed by atoms with van der Waals surface area (Å²) in [6.45, 7) is 1.99. The largest absolute Gasteiger partial charge is 0.294 e. The van der Waals surface area contributed by atoms with Crippen LogP contribution in [0.5, 0.6) is 0 Å². The van der Waals surface area contributed by atoms with Crippen LogP contribution < -0.4 is 0 Å². The van der Waals surface area contributed by atoms with Crippen LogP contribution in [0.1, 0.15) is 34.6 Å². The topological polar surface area (TPSA) is 47.8 Å². The van der Waals surface area contributed by atoms with Gasteiger partial charge in [-0.05, 0) is 31.9 Å². The normalized spacial score (nSPS) is 14.8. The van der Waals surface area contributed by atoms with E-state index in [0.29, 0.717) is 12.4 Å². The minimum atomic E-state index is 0.240. The zero-order valence-electron chi connectivity index (χ0n) is 9.68. The fraction of sp³-hybridized carbons (Fsp3) is 0.308. The Morgan fingerprint density at radius 2 is 2.00 bits per heavy atom. The van der Waals surface area contributed by atoms with Crippen molar-refractivity contribution in [3.63, 3.8) is 0 Å². The predicted molar refractivity (Wildman–Crippen MR) is 63.4 cm³/mol. The standard InChI is InChI=1S/C13H13N3O/c1-9-8-10-11(4-2-5-12(10)17)16(9)13-14-6-3-7-15-13/h3,6-8H,2,4-5H2,1H3. The van der Waals surface area contributed by atoms with Gasteiger partial charge in [-0.3, -0.25) is 9.36 Å². The summed E-state index contributed by atoms with van der Waals surface area (Å²) in [5.41, 5.74) is 2.93. The van der Waals surface area contributed by atoms with Crippen LogP contribution in [-0.2, 0) is 6.42 Å². The van der Waals surface area contributed by atoms with Crippen LogP contribution in [0.4, 0.5) is 0 Å². The minimum absolute atomic E-state index is 0.240. The highest BCUT2D eigenvalue weighted by molar-refractivity contribution is 5.98. The summed E-state index contributed by atoms with van der Waals surface area (Å²) in [7, 11) is 0. The maximum Gasteiger partial charge on any atom is 0.234 e.